The van der Waals surface area contributed by atoms with Crippen LogP contribution in [0.2, 0.25) is 0 Å². The molecule has 17 heavy (non-hydrogen) atoms. The Morgan fingerprint density at radius 1 is 0.824 bits per heavy atom. The molecule has 0 radical (unpaired) electrons. The molecule has 0 heterocycles. The number of unbranched alkanes of at least 4 members (excludes halogenated alkanes) is 8. The summed E-state index contributed by atoms with van der Waals surface area (Å²) in [5.41, 5.74) is 0. The number of carbonyl (C=O) groups is 1. The van der Waals surface area contributed by atoms with Gasteiger partial charge in [0, 0.05) is 12.8 Å². The second-order valence-electron chi connectivity index (χ2n) is 4.70. The van der Waals surface area contributed by atoms with Crippen LogP contribution in [0.15, 0.2) is 0 Å². The monoisotopic (exact) mass is 236 g/mol. The molecule has 0 unspecified atom stereocenters. The highest BCUT2D eigenvalue weighted by molar-refractivity contribution is 5.95. The van der Waals surface area contributed by atoms with Crippen LogP contribution in [0.5, 0.6) is 0 Å². The summed E-state index contributed by atoms with van der Waals surface area (Å²) in [4.78, 5) is 11.4. The van der Waals surface area contributed by atoms with Gasteiger partial charge in [-0.25, -0.2) is 0 Å². The first-order valence-corrected chi connectivity index (χ1v) is 7.33. The van der Waals surface area contributed by atoms with Gasteiger partial charge in [-0.1, -0.05) is 64.7 Å². The summed E-state index contributed by atoms with van der Waals surface area (Å²) < 4.78 is 0. The van der Waals surface area contributed by atoms with Crippen molar-refractivity contribution in [2.45, 2.75) is 84.5 Å². The van der Waals surface area contributed by atoms with Gasteiger partial charge in [0.2, 0.25) is 5.78 Å². The summed E-state index contributed by atoms with van der Waals surface area (Å²) in [6.07, 6.45) is 12.5. The molecule has 0 aliphatic heterocycles. The molecule has 0 N–H and O–H groups in total. The molecule has 0 rings (SSSR count). The van der Waals surface area contributed by atoms with Gasteiger partial charge in [-0.05, 0) is 18.8 Å². The fourth-order valence-electron chi connectivity index (χ4n) is 1.75. The second-order valence-corrected chi connectivity index (χ2v) is 4.70. The van der Waals surface area contributed by atoms with Gasteiger partial charge in [-0.3, -0.25) is 4.79 Å². The van der Waals surface area contributed by atoms with Gasteiger partial charge in [0.15, 0.2) is 0 Å². The first kappa shape index (κ1) is 16.2. The standard InChI is InChI=1S/C16H28O/c1-3-5-7-9-11-13-15-16(17)14-12-10-8-6-4-2/h3-12,14H2,1-2H3. The highest BCUT2D eigenvalue weighted by Gasteiger charge is 1.96. The highest BCUT2D eigenvalue weighted by Crippen LogP contribution is 2.05. The van der Waals surface area contributed by atoms with Crippen molar-refractivity contribution in [2.24, 2.45) is 0 Å². The Bertz CT molecular complexity index is 232. The number of ketones is 1. The quantitative estimate of drug-likeness (QED) is 0.300. The first-order valence-electron chi connectivity index (χ1n) is 7.33. The fourth-order valence-corrected chi connectivity index (χ4v) is 1.75. The molecule has 0 bridgehead atoms. The van der Waals surface area contributed by atoms with Crippen LogP contribution in [-0.4, -0.2) is 5.78 Å². The largest absolute Gasteiger partial charge is 0.285 e. The van der Waals surface area contributed by atoms with Crippen LogP contribution >= 0.6 is 0 Å². The minimum absolute atomic E-state index is 0.136. The molecule has 0 aliphatic rings. The SMILES string of the molecule is CCCCCCC#CC(=O)CCCCCCC. The molecular formula is C16H28O. The Kier molecular flexibility index (Phi) is 12.7. The number of hydrogen-bond donors (Lipinski definition) is 0. The first-order chi connectivity index (χ1) is 8.31. The van der Waals surface area contributed by atoms with Crippen molar-refractivity contribution in [2.75, 3.05) is 0 Å². The topological polar surface area (TPSA) is 17.1 Å². The molecular weight excluding hydrogens is 208 g/mol. The number of Topliss-reactive ketones (excluding diaryl/α,β-unsaturated/α-hetero) is 1. The summed E-state index contributed by atoms with van der Waals surface area (Å²) in [7, 11) is 0. The Morgan fingerprint density at radius 2 is 1.41 bits per heavy atom. The molecule has 1 heteroatoms. The predicted octanol–water partition coefficient (Wildman–Crippen LogP) is 4.89. The third kappa shape index (κ3) is 13.2. The highest BCUT2D eigenvalue weighted by atomic mass is 16.1. The van der Waals surface area contributed by atoms with Crippen LogP contribution in [0.1, 0.15) is 84.5 Å². The van der Waals surface area contributed by atoms with Crippen LogP contribution in [0.3, 0.4) is 0 Å². The zero-order chi connectivity index (χ0) is 12.8. The molecule has 0 saturated heterocycles. The van der Waals surface area contributed by atoms with Gasteiger partial charge in [0.25, 0.3) is 0 Å². The van der Waals surface area contributed by atoms with Crippen molar-refractivity contribution < 1.29 is 4.79 Å². The molecule has 0 spiro atoms. The van der Waals surface area contributed by atoms with Gasteiger partial charge in [-0.2, -0.15) is 0 Å². The van der Waals surface area contributed by atoms with E-state index in [4.69, 9.17) is 0 Å². The van der Waals surface area contributed by atoms with Crippen molar-refractivity contribution in [3.05, 3.63) is 0 Å². The van der Waals surface area contributed by atoms with Gasteiger partial charge in [-0.15, -0.1) is 0 Å². The molecule has 0 atom stereocenters. The molecule has 0 aromatic carbocycles. The Morgan fingerprint density at radius 3 is 2.06 bits per heavy atom. The normalized spacial score (nSPS) is 9.76. The molecule has 0 aliphatic carbocycles. The van der Waals surface area contributed by atoms with Gasteiger partial charge in [0.05, 0.1) is 0 Å². The van der Waals surface area contributed by atoms with E-state index in [2.05, 4.69) is 25.7 Å². The smallest absolute Gasteiger partial charge is 0.205 e. The molecule has 0 amide bonds. The van der Waals surface area contributed by atoms with E-state index in [0.29, 0.717) is 6.42 Å². The van der Waals surface area contributed by atoms with Crippen LogP contribution < -0.4 is 0 Å². The zero-order valence-electron chi connectivity index (χ0n) is 11.7. The van der Waals surface area contributed by atoms with E-state index < -0.39 is 0 Å². The summed E-state index contributed by atoms with van der Waals surface area (Å²) in [6.45, 7) is 4.41. The van der Waals surface area contributed by atoms with Crippen molar-refractivity contribution in [1.82, 2.24) is 0 Å². The Labute approximate surface area is 107 Å². The van der Waals surface area contributed by atoms with E-state index in [1.54, 1.807) is 0 Å². The van der Waals surface area contributed by atoms with Crippen LogP contribution in [-0.2, 0) is 4.79 Å². The maximum absolute atomic E-state index is 11.4. The minimum atomic E-state index is 0.136. The van der Waals surface area contributed by atoms with Crippen molar-refractivity contribution >= 4 is 5.78 Å². The lowest BCUT2D eigenvalue weighted by Crippen LogP contribution is -1.93. The Hall–Kier alpha value is -0.770. The lowest BCUT2D eigenvalue weighted by molar-refractivity contribution is -0.113. The summed E-state index contributed by atoms with van der Waals surface area (Å²) in [5.74, 6) is 5.89. The average molecular weight is 236 g/mol. The average Bonchev–Trinajstić information content (AvgIpc) is 2.33. The van der Waals surface area contributed by atoms with Crippen LogP contribution in [0, 0.1) is 11.8 Å². The molecule has 98 valence electrons. The van der Waals surface area contributed by atoms with Crippen molar-refractivity contribution in [3.8, 4) is 11.8 Å². The molecule has 0 fully saturated rings. The lowest BCUT2D eigenvalue weighted by atomic mass is 10.1. The van der Waals surface area contributed by atoms with E-state index >= 15 is 0 Å². The molecule has 1 nitrogen and oxygen atoms in total. The number of carbonyl (C=O) groups excluding carboxylic acids is 1. The maximum atomic E-state index is 11.4. The second kappa shape index (κ2) is 13.3. The Balaban J connectivity index is 3.35. The third-order valence-corrected chi connectivity index (χ3v) is 2.89. The van der Waals surface area contributed by atoms with E-state index in [1.165, 1.54) is 44.9 Å². The fraction of sp³-hybridized carbons (Fsp3) is 0.812. The maximum Gasteiger partial charge on any atom is 0.205 e. The van der Waals surface area contributed by atoms with Crippen LogP contribution in [0.25, 0.3) is 0 Å². The third-order valence-electron chi connectivity index (χ3n) is 2.89. The number of hydrogen-bond acceptors (Lipinski definition) is 1. The van der Waals surface area contributed by atoms with Gasteiger partial charge >= 0.3 is 0 Å². The summed E-state index contributed by atoms with van der Waals surface area (Å²) >= 11 is 0. The zero-order valence-corrected chi connectivity index (χ0v) is 11.7. The summed E-state index contributed by atoms with van der Waals surface area (Å²) in [5, 5.41) is 0. The van der Waals surface area contributed by atoms with Crippen molar-refractivity contribution in [3.63, 3.8) is 0 Å². The molecule has 0 aromatic rings. The predicted molar refractivity (Wildman–Crippen MR) is 74.9 cm³/mol. The summed E-state index contributed by atoms with van der Waals surface area (Å²) in [6, 6.07) is 0. The van der Waals surface area contributed by atoms with E-state index in [9.17, 15) is 4.79 Å². The van der Waals surface area contributed by atoms with Crippen LogP contribution in [0.4, 0.5) is 0 Å². The van der Waals surface area contributed by atoms with Gasteiger partial charge < -0.3 is 0 Å². The molecule has 0 saturated carbocycles. The van der Waals surface area contributed by atoms with E-state index in [1.807, 2.05) is 0 Å². The van der Waals surface area contributed by atoms with Gasteiger partial charge in [0.1, 0.15) is 0 Å². The number of rotatable bonds is 10. The van der Waals surface area contributed by atoms with E-state index in [0.717, 1.165) is 19.3 Å². The van der Waals surface area contributed by atoms with Crippen molar-refractivity contribution in [1.29, 1.82) is 0 Å². The molecule has 0 aromatic heterocycles. The van der Waals surface area contributed by atoms with E-state index in [-0.39, 0.29) is 5.78 Å². The lowest BCUT2D eigenvalue weighted by Gasteiger charge is -1.96. The minimum Gasteiger partial charge on any atom is -0.285 e.